The second kappa shape index (κ2) is 8.01. The van der Waals surface area contributed by atoms with Gasteiger partial charge >= 0.3 is 0 Å². The average molecular weight is 410 g/mol. The number of rotatable bonds is 3. The minimum atomic E-state index is -0.654. The summed E-state index contributed by atoms with van der Waals surface area (Å²) in [5.74, 6) is 0.287. The quantitative estimate of drug-likeness (QED) is 0.340. The van der Waals surface area contributed by atoms with Crippen LogP contribution in [-0.4, -0.2) is 34.1 Å². The van der Waals surface area contributed by atoms with E-state index in [1.807, 2.05) is 0 Å². The molecule has 30 heavy (non-hydrogen) atoms. The van der Waals surface area contributed by atoms with Crippen LogP contribution in [0.25, 0.3) is 0 Å². The Balaban J connectivity index is 1.61. The minimum Gasteiger partial charge on any atom is -0.511 e. The second-order valence-electron chi connectivity index (χ2n) is 9.96. The lowest BCUT2D eigenvalue weighted by molar-refractivity contribution is -0.131. The molecular weight excluding hydrogens is 378 g/mol. The standard InChI is InChI=1S/C25H31NO4/c1-16-10-18-11-17(2)13-25(12-16,14-18)15-21(28)22-20(27)8-9-26(24(22)30)23(29)19-6-4-3-5-7-19/h3-7,16-18,28H,8-15H2,1-2H3/b22-21-. The number of hydrogen-bond donors (Lipinski definition) is 1. The molecule has 3 fully saturated rings. The molecule has 1 heterocycles. The predicted octanol–water partition coefficient (Wildman–Crippen LogP) is 4.68. The molecule has 0 spiro atoms. The van der Waals surface area contributed by atoms with E-state index in [4.69, 9.17) is 0 Å². The Morgan fingerprint density at radius 3 is 2.33 bits per heavy atom. The smallest absolute Gasteiger partial charge is 0.267 e. The molecule has 2 atom stereocenters. The van der Waals surface area contributed by atoms with Gasteiger partial charge in [0.1, 0.15) is 11.3 Å². The van der Waals surface area contributed by atoms with Crippen LogP contribution in [0.1, 0.15) is 69.2 Å². The van der Waals surface area contributed by atoms with Gasteiger partial charge in [-0.05, 0) is 67.4 Å². The van der Waals surface area contributed by atoms with Gasteiger partial charge in [-0.2, -0.15) is 0 Å². The van der Waals surface area contributed by atoms with Crippen molar-refractivity contribution in [3.63, 3.8) is 0 Å². The fraction of sp³-hybridized carbons (Fsp3) is 0.560. The van der Waals surface area contributed by atoms with Gasteiger partial charge in [0.25, 0.3) is 11.8 Å². The van der Waals surface area contributed by atoms with E-state index < -0.39 is 11.8 Å². The van der Waals surface area contributed by atoms with Gasteiger partial charge in [0.05, 0.1) is 0 Å². The summed E-state index contributed by atoms with van der Waals surface area (Å²) in [5, 5.41) is 11.0. The first-order valence-corrected chi connectivity index (χ1v) is 11.1. The molecule has 2 aliphatic carbocycles. The molecule has 2 saturated carbocycles. The number of nitrogens with zero attached hydrogens (tertiary/aromatic N) is 1. The van der Waals surface area contributed by atoms with Crippen LogP contribution in [0.5, 0.6) is 0 Å². The molecule has 2 unspecified atom stereocenters. The SMILES string of the molecule is CC1CC2CC(C)CC(C/C(O)=C3\C(=O)CCN(C(=O)c4ccccc4)C3=O)(C1)C2. The molecule has 1 aromatic rings. The maximum Gasteiger partial charge on any atom is 0.267 e. The monoisotopic (exact) mass is 409 g/mol. The number of carbonyl (C=O) groups is 3. The van der Waals surface area contributed by atoms with Crippen LogP contribution in [0.2, 0.25) is 0 Å². The number of benzene rings is 1. The Bertz CT molecular complexity index is 868. The van der Waals surface area contributed by atoms with E-state index in [1.165, 1.54) is 12.8 Å². The molecule has 1 N–H and O–H groups in total. The first-order valence-electron chi connectivity index (χ1n) is 11.1. The van der Waals surface area contributed by atoms with E-state index in [-0.39, 0.29) is 35.5 Å². The number of fused-ring (bicyclic) bond motifs is 2. The summed E-state index contributed by atoms with van der Waals surface area (Å²) in [6.07, 6.45) is 5.94. The van der Waals surface area contributed by atoms with Crippen LogP contribution in [0, 0.1) is 23.2 Å². The van der Waals surface area contributed by atoms with E-state index in [9.17, 15) is 19.5 Å². The predicted molar refractivity (Wildman–Crippen MR) is 114 cm³/mol. The largest absolute Gasteiger partial charge is 0.511 e. The van der Waals surface area contributed by atoms with Crippen LogP contribution in [0.4, 0.5) is 0 Å². The van der Waals surface area contributed by atoms with Crippen LogP contribution in [0.3, 0.4) is 0 Å². The van der Waals surface area contributed by atoms with Crippen molar-refractivity contribution >= 4 is 17.6 Å². The summed E-state index contributed by atoms with van der Waals surface area (Å²) < 4.78 is 0. The number of ketones is 1. The molecule has 1 aliphatic heterocycles. The lowest BCUT2D eigenvalue weighted by Crippen LogP contribution is -2.46. The number of aliphatic hydroxyl groups is 1. The van der Waals surface area contributed by atoms with Crippen LogP contribution >= 0.6 is 0 Å². The number of piperidine rings is 1. The number of aliphatic hydroxyl groups excluding tert-OH is 1. The summed E-state index contributed by atoms with van der Waals surface area (Å²) in [6.45, 7) is 4.58. The fourth-order valence-electron chi connectivity index (χ4n) is 6.48. The third-order valence-electron chi connectivity index (χ3n) is 7.15. The number of hydrogen-bond acceptors (Lipinski definition) is 4. The van der Waals surface area contributed by atoms with Crippen molar-refractivity contribution in [3.8, 4) is 0 Å². The van der Waals surface area contributed by atoms with E-state index in [0.29, 0.717) is 29.7 Å². The van der Waals surface area contributed by atoms with Crippen molar-refractivity contribution in [2.75, 3.05) is 6.54 Å². The van der Waals surface area contributed by atoms with E-state index in [2.05, 4.69) is 13.8 Å². The zero-order valence-electron chi connectivity index (χ0n) is 17.9. The zero-order chi connectivity index (χ0) is 21.5. The Morgan fingerprint density at radius 2 is 1.70 bits per heavy atom. The van der Waals surface area contributed by atoms with Crippen LogP contribution in [-0.2, 0) is 9.59 Å². The first kappa shape index (κ1) is 20.8. The average Bonchev–Trinajstić information content (AvgIpc) is 2.66. The highest BCUT2D eigenvalue weighted by Crippen LogP contribution is 2.55. The maximum atomic E-state index is 13.1. The van der Waals surface area contributed by atoms with Gasteiger partial charge in [-0.3, -0.25) is 19.3 Å². The zero-order valence-corrected chi connectivity index (χ0v) is 17.9. The van der Waals surface area contributed by atoms with Crippen LogP contribution in [0.15, 0.2) is 41.7 Å². The lowest BCUT2D eigenvalue weighted by Gasteiger charge is -2.50. The summed E-state index contributed by atoms with van der Waals surface area (Å²) in [5.41, 5.74) is 0.180. The molecule has 0 aromatic heterocycles. The molecule has 160 valence electrons. The lowest BCUT2D eigenvalue weighted by atomic mass is 9.55. The maximum absolute atomic E-state index is 13.1. The topological polar surface area (TPSA) is 74.7 Å². The van der Waals surface area contributed by atoms with Gasteiger partial charge in [-0.1, -0.05) is 32.0 Å². The third-order valence-corrected chi connectivity index (χ3v) is 7.15. The number of likely N-dealkylation sites (tertiary alicyclic amines) is 1. The Kier molecular flexibility index (Phi) is 5.56. The first-order chi connectivity index (χ1) is 14.3. The van der Waals surface area contributed by atoms with Gasteiger partial charge in [-0.25, -0.2) is 0 Å². The molecule has 3 aliphatic rings. The molecule has 0 radical (unpaired) electrons. The summed E-state index contributed by atoms with van der Waals surface area (Å²) in [7, 11) is 0. The molecule has 2 amide bonds. The second-order valence-corrected chi connectivity index (χ2v) is 9.96. The van der Waals surface area contributed by atoms with Gasteiger partial charge < -0.3 is 5.11 Å². The normalized spacial score (nSPS) is 33.4. The number of imide groups is 1. The van der Waals surface area contributed by atoms with Crippen molar-refractivity contribution in [1.29, 1.82) is 0 Å². The Hall–Kier alpha value is -2.43. The van der Waals surface area contributed by atoms with Gasteiger partial charge in [-0.15, -0.1) is 0 Å². The van der Waals surface area contributed by atoms with Crippen molar-refractivity contribution in [2.24, 2.45) is 23.2 Å². The molecule has 1 saturated heterocycles. The molecule has 5 heteroatoms. The molecule has 2 bridgehead atoms. The number of amides is 2. The summed E-state index contributed by atoms with van der Waals surface area (Å²) in [6, 6.07) is 8.59. The Labute approximate surface area is 178 Å². The summed E-state index contributed by atoms with van der Waals surface area (Å²) in [4.78, 5) is 39.6. The van der Waals surface area contributed by atoms with Crippen molar-refractivity contribution in [2.45, 2.75) is 58.8 Å². The molecule has 1 aromatic carbocycles. The fourth-order valence-corrected chi connectivity index (χ4v) is 6.48. The molecule has 5 nitrogen and oxygen atoms in total. The van der Waals surface area contributed by atoms with Gasteiger partial charge in [0.15, 0.2) is 5.78 Å². The highest BCUT2D eigenvalue weighted by atomic mass is 16.3. The number of carbonyl (C=O) groups excluding carboxylic acids is 3. The van der Waals surface area contributed by atoms with E-state index >= 15 is 0 Å². The van der Waals surface area contributed by atoms with Crippen molar-refractivity contribution in [1.82, 2.24) is 4.90 Å². The summed E-state index contributed by atoms with van der Waals surface area (Å²) >= 11 is 0. The van der Waals surface area contributed by atoms with Gasteiger partial charge in [0, 0.05) is 24.9 Å². The molecule has 4 rings (SSSR count). The van der Waals surface area contributed by atoms with Gasteiger partial charge in [0.2, 0.25) is 0 Å². The number of allylic oxidation sites excluding steroid dienone is 1. The van der Waals surface area contributed by atoms with Crippen LogP contribution < -0.4 is 0 Å². The number of Topliss-reactive ketones (excluding diaryl/α,β-unsaturated/α-hetero) is 1. The highest BCUT2D eigenvalue weighted by molar-refractivity contribution is 6.25. The van der Waals surface area contributed by atoms with Crippen molar-refractivity contribution < 1.29 is 19.5 Å². The third kappa shape index (κ3) is 3.94. The van der Waals surface area contributed by atoms with E-state index in [0.717, 1.165) is 24.2 Å². The van der Waals surface area contributed by atoms with E-state index in [1.54, 1.807) is 30.3 Å². The minimum absolute atomic E-state index is 0.0522. The Morgan fingerprint density at radius 1 is 1.07 bits per heavy atom. The highest BCUT2D eigenvalue weighted by Gasteiger charge is 2.46. The van der Waals surface area contributed by atoms with Crippen molar-refractivity contribution in [3.05, 3.63) is 47.2 Å². The molecular formula is C25H31NO4.